The molecule has 0 aliphatic carbocycles. The van der Waals surface area contributed by atoms with E-state index in [9.17, 15) is 5.11 Å². The fraction of sp³-hybridized carbons (Fsp3) is 0.312. The van der Waals surface area contributed by atoms with Crippen molar-refractivity contribution in [2.24, 2.45) is 0 Å². The summed E-state index contributed by atoms with van der Waals surface area (Å²) in [5.41, 5.74) is 2.12. The molecule has 3 nitrogen and oxygen atoms in total. The van der Waals surface area contributed by atoms with Crippen molar-refractivity contribution in [3.8, 4) is 11.5 Å². The molecule has 0 fully saturated rings. The van der Waals surface area contributed by atoms with Crippen LogP contribution in [-0.4, -0.2) is 10.1 Å². The first-order chi connectivity index (χ1) is 9.00. The van der Waals surface area contributed by atoms with Crippen LogP contribution >= 0.6 is 0 Å². The number of benzene rings is 1. The molecule has 0 unspecified atom stereocenters. The molecule has 0 saturated carbocycles. The molecule has 19 heavy (non-hydrogen) atoms. The Bertz CT molecular complexity index is 541. The summed E-state index contributed by atoms with van der Waals surface area (Å²) in [6.45, 7) is 6.47. The van der Waals surface area contributed by atoms with Gasteiger partial charge < -0.3 is 9.84 Å². The number of nitrogens with zero attached hydrogens (tertiary/aromatic N) is 1. The zero-order valence-corrected chi connectivity index (χ0v) is 11.6. The second kappa shape index (κ2) is 5.41. The minimum absolute atomic E-state index is 0.0576. The average Bonchev–Trinajstić information content (AvgIpc) is 2.39. The van der Waals surface area contributed by atoms with Gasteiger partial charge in [-0.25, -0.2) is 0 Å². The predicted octanol–water partition coefficient (Wildman–Crippen LogP) is 3.66. The van der Waals surface area contributed by atoms with Gasteiger partial charge in [0.25, 0.3) is 0 Å². The van der Waals surface area contributed by atoms with E-state index in [2.05, 4.69) is 37.9 Å². The maximum absolute atomic E-state index is 9.24. The Labute approximate surface area is 113 Å². The summed E-state index contributed by atoms with van der Waals surface area (Å²) in [5, 5.41) is 9.24. The van der Waals surface area contributed by atoms with E-state index < -0.39 is 0 Å². The van der Waals surface area contributed by atoms with E-state index in [1.165, 1.54) is 5.56 Å². The van der Waals surface area contributed by atoms with Crippen molar-refractivity contribution >= 4 is 0 Å². The number of aromatic nitrogens is 1. The van der Waals surface area contributed by atoms with E-state index in [0.717, 1.165) is 11.3 Å². The molecule has 0 atom stereocenters. The zero-order chi connectivity index (χ0) is 13.9. The quantitative estimate of drug-likeness (QED) is 0.912. The van der Waals surface area contributed by atoms with E-state index in [1.807, 2.05) is 12.1 Å². The molecule has 0 radical (unpaired) electrons. The molecule has 0 amide bonds. The minimum Gasteiger partial charge on any atom is -0.455 e. The molecule has 0 saturated heterocycles. The lowest BCUT2D eigenvalue weighted by atomic mass is 9.87. The summed E-state index contributed by atoms with van der Waals surface area (Å²) in [6.07, 6.45) is 3.25. The first-order valence-electron chi connectivity index (χ1n) is 6.33. The molecule has 2 rings (SSSR count). The highest BCUT2D eigenvalue weighted by atomic mass is 16.5. The monoisotopic (exact) mass is 257 g/mol. The second-order valence-corrected chi connectivity index (χ2v) is 5.52. The van der Waals surface area contributed by atoms with Gasteiger partial charge in [-0.3, -0.25) is 4.98 Å². The number of pyridine rings is 1. The average molecular weight is 257 g/mol. The largest absolute Gasteiger partial charge is 0.455 e. The van der Waals surface area contributed by atoms with Gasteiger partial charge in [0, 0.05) is 11.8 Å². The molecule has 1 aromatic carbocycles. The topological polar surface area (TPSA) is 42.4 Å². The van der Waals surface area contributed by atoms with Crippen molar-refractivity contribution in [3.05, 3.63) is 53.9 Å². The van der Waals surface area contributed by atoms with Crippen LogP contribution in [0.4, 0.5) is 0 Å². The summed E-state index contributed by atoms with van der Waals surface area (Å²) in [6, 6.07) is 9.75. The van der Waals surface area contributed by atoms with Crippen LogP contribution in [0.3, 0.4) is 0 Å². The normalized spacial score (nSPS) is 11.4. The number of hydrogen-bond acceptors (Lipinski definition) is 3. The summed E-state index contributed by atoms with van der Waals surface area (Å²) in [5.74, 6) is 1.34. The Kier molecular flexibility index (Phi) is 3.86. The van der Waals surface area contributed by atoms with Gasteiger partial charge in [-0.1, -0.05) is 32.9 Å². The molecule has 1 aromatic heterocycles. The van der Waals surface area contributed by atoms with Crippen LogP contribution in [0.2, 0.25) is 0 Å². The number of hydrogen-bond donors (Lipinski definition) is 1. The maximum Gasteiger partial charge on any atom is 0.151 e. The van der Waals surface area contributed by atoms with E-state index in [0.29, 0.717) is 5.75 Å². The molecule has 1 heterocycles. The van der Waals surface area contributed by atoms with Crippen molar-refractivity contribution < 1.29 is 9.84 Å². The van der Waals surface area contributed by atoms with E-state index in [1.54, 1.807) is 18.5 Å². The molecule has 0 aliphatic heterocycles. The zero-order valence-electron chi connectivity index (χ0n) is 11.6. The van der Waals surface area contributed by atoms with Crippen molar-refractivity contribution in [2.75, 3.05) is 0 Å². The van der Waals surface area contributed by atoms with Crippen molar-refractivity contribution in [1.82, 2.24) is 4.98 Å². The smallest absolute Gasteiger partial charge is 0.151 e. The van der Waals surface area contributed by atoms with Gasteiger partial charge in [-0.2, -0.15) is 0 Å². The highest BCUT2D eigenvalue weighted by Gasteiger charge is 2.13. The van der Waals surface area contributed by atoms with Crippen LogP contribution in [0.25, 0.3) is 0 Å². The summed E-state index contributed by atoms with van der Waals surface area (Å²) in [4.78, 5) is 4.01. The summed E-state index contributed by atoms with van der Waals surface area (Å²) >= 11 is 0. The van der Waals surface area contributed by atoms with Crippen LogP contribution < -0.4 is 4.74 Å². The molecule has 0 spiro atoms. The van der Waals surface area contributed by atoms with E-state index >= 15 is 0 Å². The highest BCUT2D eigenvalue weighted by molar-refractivity contribution is 5.37. The summed E-state index contributed by atoms with van der Waals surface area (Å²) < 4.78 is 5.75. The SMILES string of the molecule is CC(C)(C)c1ccc(Oc2cnccc2CO)cc1. The maximum atomic E-state index is 9.24. The fourth-order valence-corrected chi connectivity index (χ4v) is 1.78. The third kappa shape index (κ3) is 3.32. The van der Waals surface area contributed by atoms with Gasteiger partial charge in [-0.05, 0) is 29.2 Å². The molecule has 3 heteroatoms. The van der Waals surface area contributed by atoms with Gasteiger partial charge in [-0.15, -0.1) is 0 Å². The van der Waals surface area contributed by atoms with Crippen LogP contribution in [0.15, 0.2) is 42.7 Å². The van der Waals surface area contributed by atoms with Crippen molar-refractivity contribution in [1.29, 1.82) is 0 Å². The molecule has 1 N–H and O–H groups in total. The Hall–Kier alpha value is -1.87. The predicted molar refractivity (Wildman–Crippen MR) is 75.4 cm³/mol. The Balaban J connectivity index is 2.20. The fourth-order valence-electron chi connectivity index (χ4n) is 1.78. The lowest BCUT2D eigenvalue weighted by Crippen LogP contribution is -2.10. The van der Waals surface area contributed by atoms with Crippen LogP contribution in [0.1, 0.15) is 31.9 Å². The Morgan fingerprint density at radius 2 is 1.79 bits per heavy atom. The molecule has 2 aromatic rings. The van der Waals surface area contributed by atoms with Crippen molar-refractivity contribution in [2.45, 2.75) is 32.8 Å². The molecule has 0 bridgehead atoms. The number of ether oxygens (including phenoxy) is 1. The van der Waals surface area contributed by atoms with Gasteiger partial charge in [0.15, 0.2) is 5.75 Å². The first-order valence-corrected chi connectivity index (χ1v) is 6.33. The molecule has 100 valence electrons. The molecule has 0 aliphatic rings. The second-order valence-electron chi connectivity index (χ2n) is 5.52. The van der Waals surface area contributed by atoms with Crippen LogP contribution in [-0.2, 0) is 12.0 Å². The Morgan fingerprint density at radius 1 is 1.11 bits per heavy atom. The third-order valence-corrected chi connectivity index (χ3v) is 2.99. The van der Waals surface area contributed by atoms with Crippen LogP contribution in [0, 0.1) is 0 Å². The summed E-state index contributed by atoms with van der Waals surface area (Å²) in [7, 11) is 0. The van der Waals surface area contributed by atoms with Gasteiger partial charge in [0.05, 0.1) is 12.8 Å². The lowest BCUT2D eigenvalue weighted by molar-refractivity contribution is 0.276. The van der Waals surface area contributed by atoms with Crippen LogP contribution in [0.5, 0.6) is 11.5 Å². The lowest BCUT2D eigenvalue weighted by Gasteiger charge is -2.19. The highest BCUT2D eigenvalue weighted by Crippen LogP contribution is 2.28. The van der Waals surface area contributed by atoms with Crippen molar-refractivity contribution in [3.63, 3.8) is 0 Å². The van der Waals surface area contributed by atoms with Gasteiger partial charge in [0.1, 0.15) is 5.75 Å². The number of rotatable bonds is 3. The minimum atomic E-state index is -0.0576. The van der Waals surface area contributed by atoms with E-state index in [4.69, 9.17) is 4.74 Å². The number of aliphatic hydroxyl groups is 1. The standard InChI is InChI=1S/C16H19NO2/c1-16(2,3)13-4-6-14(7-5-13)19-15-10-17-9-8-12(15)11-18/h4-10,18H,11H2,1-3H3. The number of aliphatic hydroxyl groups excluding tert-OH is 1. The molecular weight excluding hydrogens is 238 g/mol. The third-order valence-electron chi connectivity index (χ3n) is 2.99. The Morgan fingerprint density at radius 3 is 2.37 bits per heavy atom. The van der Waals surface area contributed by atoms with E-state index in [-0.39, 0.29) is 12.0 Å². The van der Waals surface area contributed by atoms with Gasteiger partial charge in [0.2, 0.25) is 0 Å². The van der Waals surface area contributed by atoms with Gasteiger partial charge >= 0.3 is 0 Å². The molecular formula is C16H19NO2. The first kappa shape index (κ1) is 13.6.